The van der Waals surface area contributed by atoms with E-state index in [-0.39, 0.29) is 28.9 Å². The molecule has 1 heterocycles. The van der Waals surface area contributed by atoms with Crippen molar-refractivity contribution in [2.45, 2.75) is 46.7 Å². The first-order chi connectivity index (χ1) is 12.0. The molecule has 0 aliphatic rings. The minimum absolute atomic E-state index is 0.0206. The van der Waals surface area contributed by atoms with Crippen molar-refractivity contribution >= 4 is 35.0 Å². The summed E-state index contributed by atoms with van der Waals surface area (Å²) in [6.45, 7) is 9.22. The number of carbonyl (C=O) groups excluding carboxylic acids is 2. The predicted octanol–water partition coefficient (Wildman–Crippen LogP) is 3.51. The van der Waals surface area contributed by atoms with Crippen molar-refractivity contribution in [2.75, 3.05) is 6.61 Å². The standard InChI is InChI=1S/C14H15Cl2FN2O3.C3H9N/c1-4-22-14(21)9(6-18-7(2)3)11(20)8-5-10(17)13(16)19-12(8)15;1-3(2)4/h5-7,18H,4H2,1-3H3;3H,4H2,1-2H3/b9-6-;. The molecular weight excluding hydrogens is 384 g/mol. The van der Waals surface area contributed by atoms with Gasteiger partial charge in [-0.1, -0.05) is 37.0 Å². The zero-order chi connectivity index (χ0) is 20.4. The smallest absolute Gasteiger partial charge is 0.343 e. The third-order valence-corrected chi connectivity index (χ3v) is 2.99. The van der Waals surface area contributed by atoms with Crippen molar-refractivity contribution in [1.82, 2.24) is 10.3 Å². The molecule has 26 heavy (non-hydrogen) atoms. The SMILES string of the molecule is CC(C)N.CCOC(=O)/C(=C\NC(C)C)C(=O)c1cc(F)c(Cl)nc1Cl. The number of rotatable bonds is 6. The number of pyridine rings is 1. The van der Waals surface area contributed by atoms with Gasteiger partial charge in [0.2, 0.25) is 5.78 Å². The van der Waals surface area contributed by atoms with Crippen molar-refractivity contribution in [3.63, 3.8) is 0 Å². The molecule has 0 spiro atoms. The van der Waals surface area contributed by atoms with Gasteiger partial charge < -0.3 is 15.8 Å². The van der Waals surface area contributed by atoms with Crippen LogP contribution in [0.25, 0.3) is 0 Å². The van der Waals surface area contributed by atoms with Crippen LogP contribution in [0.3, 0.4) is 0 Å². The first-order valence-electron chi connectivity index (χ1n) is 7.96. The number of ether oxygens (including phenoxy) is 1. The first kappa shape index (κ1) is 24.3. The molecule has 0 saturated heterocycles. The van der Waals surface area contributed by atoms with Gasteiger partial charge in [0, 0.05) is 12.2 Å². The molecular formula is C17H24Cl2FN3O3. The Kier molecular flexibility index (Phi) is 11.1. The molecule has 1 aromatic rings. The number of hydrogen-bond donors (Lipinski definition) is 2. The normalized spacial score (nSPS) is 11.1. The monoisotopic (exact) mass is 407 g/mol. The van der Waals surface area contributed by atoms with Crippen LogP contribution in [0, 0.1) is 5.82 Å². The molecule has 0 aromatic carbocycles. The molecule has 1 aromatic heterocycles. The third-order valence-electron chi connectivity index (χ3n) is 2.43. The van der Waals surface area contributed by atoms with E-state index in [9.17, 15) is 14.0 Å². The first-order valence-corrected chi connectivity index (χ1v) is 8.71. The number of esters is 1. The van der Waals surface area contributed by atoms with Crippen molar-refractivity contribution in [3.8, 4) is 0 Å². The Hall–Kier alpha value is -1.70. The molecule has 0 aliphatic heterocycles. The Labute approximate surface area is 162 Å². The minimum Gasteiger partial charge on any atom is -0.462 e. The van der Waals surface area contributed by atoms with E-state index in [1.807, 2.05) is 27.7 Å². The van der Waals surface area contributed by atoms with E-state index in [0.717, 1.165) is 6.07 Å². The van der Waals surface area contributed by atoms with Crippen LogP contribution in [0.5, 0.6) is 0 Å². The molecule has 0 aliphatic carbocycles. The maximum Gasteiger partial charge on any atom is 0.343 e. The highest BCUT2D eigenvalue weighted by Gasteiger charge is 2.25. The minimum atomic E-state index is -0.908. The lowest BCUT2D eigenvalue weighted by molar-refractivity contribution is -0.138. The van der Waals surface area contributed by atoms with E-state index < -0.39 is 22.7 Å². The Morgan fingerprint density at radius 2 is 1.85 bits per heavy atom. The summed E-state index contributed by atoms with van der Waals surface area (Å²) in [5.74, 6) is -2.55. The summed E-state index contributed by atoms with van der Waals surface area (Å²) >= 11 is 11.3. The van der Waals surface area contributed by atoms with E-state index in [2.05, 4.69) is 10.3 Å². The summed E-state index contributed by atoms with van der Waals surface area (Å²) in [5, 5.41) is 2.06. The molecule has 0 saturated carbocycles. The highest BCUT2D eigenvalue weighted by atomic mass is 35.5. The van der Waals surface area contributed by atoms with Gasteiger partial charge in [0.15, 0.2) is 11.0 Å². The van der Waals surface area contributed by atoms with Gasteiger partial charge in [-0.15, -0.1) is 0 Å². The van der Waals surface area contributed by atoms with Gasteiger partial charge in [0.1, 0.15) is 10.7 Å². The van der Waals surface area contributed by atoms with E-state index >= 15 is 0 Å². The van der Waals surface area contributed by atoms with Crippen molar-refractivity contribution in [1.29, 1.82) is 0 Å². The van der Waals surface area contributed by atoms with Crippen LogP contribution in [-0.2, 0) is 9.53 Å². The topological polar surface area (TPSA) is 94.3 Å². The largest absolute Gasteiger partial charge is 0.462 e. The summed E-state index contributed by atoms with van der Waals surface area (Å²) in [6, 6.07) is 1.15. The Bertz CT molecular complexity index is 662. The quantitative estimate of drug-likeness (QED) is 0.187. The van der Waals surface area contributed by atoms with Crippen LogP contribution in [0.2, 0.25) is 10.3 Å². The fourth-order valence-electron chi connectivity index (χ4n) is 1.43. The number of hydrogen-bond acceptors (Lipinski definition) is 6. The average molecular weight is 408 g/mol. The van der Waals surface area contributed by atoms with E-state index in [1.54, 1.807) is 6.92 Å². The predicted molar refractivity (Wildman–Crippen MR) is 101 cm³/mol. The highest BCUT2D eigenvalue weighted by Crippen LogP contribution is 2.23. The molecule has 146 valence electrons. The van der Waals surface area contributed by atoms with Gasteiger partial charge >= 0.3 is 5.97 Å². The van der Waals surface area contributed by atoms with Gasteiger partial charge in [0.05, 0.1) is 12.2 Å². The fourth-order valence-corrected chi connectivity index (χ4v) is 1.83. The molecule has 3 N–H and O–H groups in total. The number of nitrogens with zero attached hydrogens (tertiary/aromatic N) is 1. The fraction of sp³-hybridized carbons (Fsp3) is 0.471. The van der Waals surface area contributed by atoms with Crippen LogP contribution in [0.4, 0.5) is 4.39 Å². The summed E-state index contributed by atoms with van der Waals surface area (Å²) in [7, 11) is 0. The van der Waals surface area contributed by atoms with Crippen LogP contribution in [0.1, 0.15) is 45.0 Å². The van der Waals surface area contributed by atoms with Gasteiger partial charge in [-0.2, -0.15) is 0 Å². The Balaban J connectivity index is 0.00000141. The van der Waals surface area contributed by atoms with E-state index in [0.29, 0.717) is 6.04 Å². The number of carbonyl (C=O) groups is 2. The van der Waals surface area contributed by atoms with Gasteiger partial charge in [-0.05, 0) is 32.9 Å². The third kappa shape index (κ3) is 8.60. The lowest BCUT2D eigenvalue weighted by Crippen LogP contribution is -2.23. The summed E-state index contributed by atoms with van der Waals surface area (Å²) in [5.41, 5.74) is 4.54. The lowest BCUT2D eigenvalue weighted by Gasteiger charge is -2.10. The lowest BCUT2D eigenvalue weighted by atomic mass is 10.1. The van der Waals surface area contributed by atoms with Gasteiger partial charge in [-0.25, -0.2) is 14.2 Å². The zero-order valence-corrected chi connectivity index (χ0v) is 16.9. The van der Waals surface area contributed by atoms with Crippen LogP contribution in [-0.4, -0.2) is 35.4 Å². The zero-order valence-electron chi connectivity index (χ0n) is 15.4. The molecule has 1 rings (SSSR count). The molecule has 9 heteroatoms. The van der Waals surface area contributed by atoms with Crippen LogP contribution >= 0.6 is 23.2 Å². The molecule has 6 nitrogen and oxygen atoms in total. The van der Waals surface area contributed by atoms with E-state index in [4.69, 9.17) is 33.7 Å². The second kappa shape index (κ2) is 11.8. The van der Waals surface area contributed by atoms with E-state index in [1.165, 1.54) is 6.20 Å². The number of aromatic nitrogens is 1. The number of halogens is 3. The molecule has 0 fully saturated rings. The maximum absolute atomic E-state index is 13.5. The molecule has 0 amide bonds. The molecule has 0 unspecified atom stereocenters. The molecule has 0 radical (unpaired) electrons. The van der Waals surface area contributed by atoms with Crippen molar-refractivity contribution < 1.29 is 18.7 Å². The van der Waals surface area contributed by atoms with Gasteiger partial charge in [-0.3, -0.25) is 4.79 Å². The molecule has 0 bridgehead atoms. The average Bonchev–Trinajstić information content (AvgIpc) is 2.50. The van der Waals surface area contributed by atoms with Crippen LogP contribution < -0.4 is 11.1 Å². The number of ketones is 1. The summed E-state index contributed by atoms with van der Waals surface area (Å²) in [4.78, 5) is 27.8. The second-order valence-corrected chi connectivity index (χ2v) is 6.49. The Morgan fingerprint density at radius 3 is 2.31 bits per heavy atom. The maximum atomic E-state index is 13.5. The van der Waals surface area contributed by atoms with Gasteiger partial charge in [0.25, 0.3) is 0 Å². The number of Topliss-reactive ketones (excluding diaryl/α,β-unsaturated/α-hetero) is 1. The Morgan fingerprint density at radius 1 is 1.31 bits per heavy atom. The van der Waals surface area contributed by atoms with Crippen LogP contribution in [0.15, 0.2) is 17.8 Å². The molecule has 0 atom stereocenters. The number of nitrogens with two attached hydrogens (primary N) is 1. The summed E-state index contributed by atoms with van der Waals surface area (Å²) in [6.07, 6.45) is 1.22. The van der Waals surface area contributed by atoms with Crippen molar-refractivity contribution in [2.24, 2.45) is 5.73 Å². The van der Waals surface area contributed by atoms with Crippen molar-refractivity contribution in [3.05, 3.63) is 39.5 Å². The highest BCUT2D eigenvalue weighted by molar-refractivity contribution is 6.37. The summed E-state index contributed by atoms with van der Waals surface area (Å²) < 4.78 is 18.3. The number of nitrogens with one attached hydrogen (secondary N) is 1. The second-order valence-electron chi connectivity index (χ2n) is 5.77.